The normalized spacial score (nSPS) is 18.6. The van der Waals surface area contributed by atoms with Gasteiger partial charge in [-0.1, -0.05) is 12.1 Å². The molecule has 196 valence electrons. The van der Waals surface area contributed by atoms with Gasteiger partial charge in [-0.2, -0.15) is 0 Å². The molecule has 4 heterocycles. The fraction of sp³-hybridized carbons (Fsp3) is 0.481. The Labute approximate surface area is 216 Å². The first-order valence-electron chi connectivity index (χ1n) is 12.6. The zero-order chi connectivity index (χ0) is 25.8. The van der Waals surface area contributed by atoms with Gasteiger partial charge in [-0.05, 0) is 39.0 Å². The number of pyridine rings is 1. The molecule has 2 aromatic heterocycles. The quantitative estimate of drug-likeness (QED) is 0.513. The van der Waals surface area contributed by atoms with Gasteiger partial charge < -0.3 is 28.7 Å². The number of hydrogen-bond acceptors (Lipinski definition) is 9. The van der Waals surface area contributed by atoms with Crippen LogP contribution in [0.3, 0.4) is 0 Å². The Hall–Kier alpha value is -3.50. The molecule has 0 aliphatic carbocycles. The van der Waals surface area contributed by atoms with E-state index in [2.05, 4.69) is 39.1 Å². The van der Waals surface area contributed by atoms with Gasteiger partial charge in [-0.15, -0.1) is 0 Å². The number of nitrogens with zero attached hydrogens (tertiary/aromatic N) is 5. The first-order valence-corrected chi connectivity index (χ1v) is 12.6. The lowest BCUT2D eigenvalue weighted by molar-refractivity contribution is -0.0559. The number of anilines is 1. The van der Waals surface area contributed by atoms with Crippen LogP contribution in [-0.4, -0.2) is 90.3 Å². The maximum atomic E-state index is 12.5. The minimum Gasteiger partial charge on any atom is -0.473 e. The number of amides is 1. The first kappa shape index (κ1) is 25.2. The van der Waals surface area contributed by atoms with Crippen LogP contribution in [0.2, 0.25) is 0 Å². The number of hydrogen-bond donors (Lipinski definition) is 0. The molecule has 2 fully saturated rings. The zero-order valence-corrected chi connectivity index (χ0v) is 21.6. The minimum atomic E-state index is -0.552. The fourth-order valence-corrected chi connectivity index (χ4v) is 4.34. The van der Waals surface area contributed by atoms with Gasteiger partial charge in [0.25, 0.3) is 0 Å². The molecular weight excluding hydrogens is 474 g/mol. The van der Waals surface area contributed by atoms with Crippen LogP contribution in [0.4, 0.5) is 10.5 Å². The SMILES string of the molecule is CC(C)(C)OC(=O)N1CCOC(COc2nc(-c3ccc(N4CCOCC4)cc3)cc3nccnc23)C1. The molecule has 10 heteroatoms. The number of fused-ring (bicyclic) bond motifs is 1. The molecule has 2 saturated heterocycles. The highest BCUT2D eigenvalue weighted by Gasteiger charge is 2.29. The molecule has 1 aromatic carbocycles. The predicted octanol–water partition coefficient (Wildman–Crippen LogP) is 3.54. The summed E-state index contributed by atoms with van der Waals surface area (Å²) < 4.78 is 23.0. The van der Waals surface area contributed by atoms with Crippen LogP contribution in [-0.2, 0) is 14.2 Å². The topological polar surface area (TPSA) is 99.1 Å². The van der Waals surface area contributed by atoms with Crippen LogP contribution < -0.4 is 9.64 Å². The van der Waals surface area contributed by atoms with E-state index >= 15 is 0 Å². The number of carbonyl (C=O) groups excluding carboxylic acids is 1. The Balaban J connectivity index is 1.31. The molecule has 0 N–H and O–H groups in total. The molecule has 10 nitrogen and oxygen atoms in total. The zero-order valence-electron chi connectivity index (χ0n) is 21.6. The predicted molar refractivity (Wildman–Crippen MR) is 139 cm³/mol. The van der Waals surface area contributed by atoms with E-state index in [0.717, 1.165) is 43.2 Å². The van der Waals surface area contributed by atoms with Gasteiger partial charge in [-0.3, -0.25) is 4.98 Å². The molecule has 1 atom stereocenters. The number of benzene rings is 1. The van der Waals surface area contributed by atoms with Gasteiger partial charge in [0.15, 0.2) is 5.52 Å². The van der Waals surface area contributed by atoms with Crippen LogP contribution in [0.15, 0.2) is 42.7 Å². The lowest BCUT2D eigenvalue weighted by Crippen LogP contribution is -2.49. The minimum absolute atomic E-state index is 0.220. The van der Waals surface area contributed by atoms with Crippen molar-refractivity contribution in [1.29, 1.82) is 0 Å². The fourth-order valence-electron chi connectivity index (χ4n) is 4.34. The number of aromatic nitrogens is 3. The molecule has 0 saturated carbocycles. The summed E-state index contributed by atoms with van der Waals surface area (Å²) in [6, 6.07) is 10.2. The summed E-state index contributed by atoms with van der Waals surface area (Å²) in [4.78, 5) is 30.2. The number of carbonyl (C=O) groups is 1. The van der Waals surface area contributed by atoms with E-state index in [-0.39, 0.29) is 18.8 Å². The van der Waals surface area contributed by atoms with Gasteiger partial charge in [0.1, 0.15) is 18.3 Å². The highest BCUT2D eigenvalue weighted by atomic mass is 16.6. The highest BCUT2D eigenvalue weighted by molar-refractivity contribution is 5.83. The Kier molecular flexibility index (Phi) is 7.38. The van der Waals surface area contributed by atoms with E-state index < -0.39 is 5.60 Å². The number of rotatable bonds is 5. The third-order valence-corrected chi connectivity index (χ3v) is 6.16. The first-order chi connectivity index (χ1) is 17.9. The molecule has 2 aliphatic heterocycles. The molecule has 5 rings (SSSR count). The average Bonchev–Trinajstić information content (AvgIpc) is 2.91. The maximum Gasteiger partial charge on any atom is 0.410 e. The summed E-state index contributed by atoms with van der Waals surface area (Å²) in [6.07, 6.45) is 2.61. The second-order valence-electron chi connectivity index (χ2n) is 10.1. The van der Waals surface area contributed by atoms with Crippen LogP contribution >= 0.6 is 0 Å². The smallest absolute Gasteiger partial charge is 0.410 e. The molecule has 0 radical (unpaired) electrons. The van der Waals surface area contributed by atoms with Gasteiger partial charge in [0.2, 0.25) is 5.88 Å². The lowest BCUT2D eigenvalue weighted by Gasteiger charge is -2.34. The van der Waals surface area contributed by atoms with Crippen molar-refractivity contribution in [2.75, 3.05) is 57.5 Å². The standard InChI is InChI=1S/C27H33N5O5/c1-27(2,3)37-26(33)32-12-15-35-21(17-32)18-36-25-24-23(28-8-9-29-24)16-22(30-25)19-4-6-20(7-5-19)31-10-13-34-14-11-31/h4-9,16,21H,10-15,17-18H2,1-3H3. The van der Waals surface area contributed by atoms with E-state index in [0.29, 0.717) is 36.6 Å². The van der Waals surface area contributed by atoms with Crippen LogP contribution in [0, 0.1) is 0 Å². The Morgan fingerprint density at radius 3 is 2.57 bits per heavy atom. The van der Waals surface area contributed by atoms with Crippen molar-refractivity contribution in [2.45, 2.75) is 32.5 Å². The molecule has 1 amide bonds. The average molecular weight is 508 g/mol. The van der Waals surface area contributed by atoms with Crippen molar-refractivity contribution in [2.24, 2.45) is 0 Å². The van der Waals surface area contributed by atoms with Crippen molar-refractivity contribution in [3.63, 3.8) is 0 Å². The monoisotopic (exact) mass is 507 g/mol. The Morgan fingerprint density at radius 2 is 1.81 bits per heavy atom. The number of ether oxygens (including phenoxy) is 4. The van der Waals surface area contributed by atoms with Gasteiger partial charge in [0, 0.05) is 43.3 Å². The summed E-state index contributed by atoms with van der Waals surface area (Å²) in [7, 11) is 0. The third kappa shape index (κ3) is 6.26. The van der Waals surface area contributed by atoms with Crippen LogP contribution in [0.5, 0.6) is 5.88 Å². The molecule has 0 bridgehead atoms. The Morgan fingerprint density at radius 1 is 1.05 bits per heavy atom. The summed E-state index contributed by atoms with van der Waals surface area (Å²) >= 11 is 0. The van der Waals surface area contributed by atoms with E-state index in [1.165, 1.54) is 0 Å². The van der Waals surface area contributed by atoms with Crippen molar-refractivity contribution < 1.29 is 23.7 Å². The largest absolute Gasteiger partial charge is 0.473 e. The van der Waals surface area contributed by atoms with Crippen molar-refractivity contribution >= 4 is 22.8 Å². The number of morpholine rings is 2. The molecule has 37 heavy (non-hydrogen) atoms. The van der Waals surface area contributed by atoms with E-state index in [1.54, 1.807) is 17.3 Å². The molecular formula is C27H33N5O5. The van der Waals surface area contributed by atoms with Crippen LogP contribution in [0.25, 0.3) is 22.3 Å². The van der Waals surface area contributed by atoms with Crippen LogP contribution in [0.1, 0.15) is 20.8 Å². The van der Waals surface area contributed by atoms with Gasteiger partial charge >= 0.3 is 6.09 Å². The highest BCUT2D eigenvalue weighted by Crippen LogP contribution is 2.29. The van der Waals surface area contributed by atoms with Gasteiger partial charge in [-0.25, -0.2) is 14.8 Å². The summed E-state index contributed by atoms with van der Waals surface area (Å²) in [5.74, 6) is 0.385. The van der Waals surface area contributed by atoms with E-state index in [1.807, 2.05) is 26.8 Å². The Bertz CT molecular complexity index is 1220. The van der Waals surface area contributed by atoms with Crippen molar-refractivity contribution in [3.8, 4) is 17.1 Å². The van der Waals surface area contributed by atoms with Crippen molar-refractivity contribution in [3.05, 3.63) is 42.7 Å². The summed E-state index contributed by atoms with van der Waals surface area (Å²) in [5.41, 5.74) is 3.59. The van der Waals surface area contributed by atoms with E-state index in [9.17, 15) is 4.79 Å². The maximum absolute atomic E-state index is 12.5. The van der Waals surface area contributed by atoms with Crippen molar-refractivity contribution in [1.82, 2.24) is 19.9 Å². The van der Waals surface area contributed by atoms with Gasteiger partial charge in [0.05, 0.1) is 37.6 Å². The molecule has 0 spiro atoms. The second kappa shape index (κ2) is 10.9. The molecule has 3 aromatic rings. The lowest BCUT2D eigenvalue weighted by atomic mass is 10.1. The summed E-state index contributed by atoms with van der Waals surface area (Å²) in [5, 5.41) is 0. The van der Waals surface area contributed by atoms with E-state index in [4.69, 9.17) is 23.9 Å². The molecule has 2 aliphatic rings. The third-order valence-electron chi connectivity index (χ3n) is 6.16. The summed E-state index contributed by atoms with van der Waals surface area (Å²) in [6.45, 7) is 10.3. The second-order valence-corrected chi connectivity index (χ2v) is 10.1. The molecule has 1 unspecified atom stereocenters.